The van der Waals surface area contributed by atoms with Crippen LogP contribution in [0.2, 0.25) is 0 Å². The SMILES string of the molecule is CC(=O)N1CC[C@H](C(=O)NC[C@@H]2CCO[C@H]2c2ccccc2)C1. The normalized spacial score (nSPS) is 27.2. The molecule has 0 saturated carbocycles. The summed E-state index contributed by atoms with van der Waals surface area (Å²) in [5, 5.41) is 3.07. The van der Waals surface area contributed by atoms with Crippen LogP contribution in [0.4, 0.5) is 0 Å². The maximum Gasteiger partial charge on any atom is 0.224 e. The first-order valence-corrected chi connectivity index (χ1v) is 8.35. The van der Waals surface area contributed by atoms with Crippen LogP contribution in [-0.4, -0.2) is 43.0 Å². The molecule has 0 aliphatic carbocycles. The third-order valence-electron chi connectivity index (χ3n) is 4.89. The first kappa shape index (κ1) is 16.0. The zero-order chi connectivity index (χ0) is 16.2. The number of amides is 2. The highest BCUT2D eigenvalue weighted by Gasteiger charge is 2.32. The van der Waals surface area contributed by atoms with Gasteiger partial charge < -0.3 is 15.0 Å². The van der Waals surface area contributed by atoms with Gasteiger partial charge in [-0.15, -0.1) is 0 Å². The predicted molar refractivity (Wildman–Crippen MR) is 86.6 cm³/mol. The van der Waals surface area contributed by atoms with Crippen molar-refractivity contribution in [2.45, 2.75) is 25.9 Å². The van der Waals surface area contributed by atoms with Crippen LogP contribution >= 0.6 is 0 Å². The van der Waals surface area contributed by atoms with Gasteiger partial charge in [-0.05, 0) is 18.4 Å². The van der Waals surface area contributed by atoms with E-state index in [2.05, 4.69) is 17.4 Å². The number of hydrogen-bond donors (Lipinski definition) is 1. The molecule has 0 radical (unpaired) electrons. The summed E-state index contributed by atoms with van der Waals surface area (Å²) in [5.74, 6) is 0.351. The van der Waals surface area contributed by atoms with Crippen LogP contribution in [0, 0.1) is 11.8 Å². The number of rotatable bonds is 4. The summed E-state index contributed by atoms with van der Waals surface area (Å²) in [6.45, 7) is 4.16. The van der Waals surface area contributed by atoms with Gasteiger partial charge in [-0.2, -0.15) is 0 Å². The van der Waals surface area contributed by atoms with Crippen LogP contribution in [0.3, 0.4) is 0 Å². The van der Waals surface area contributed by atoms with Crippen molar-refractivity contribution < 1.29 is 14.3 Å². The molecule has 0 unspecified atom stereocenters. The van der Waals surface area contributed by atoms with Crippen molar-refractivity contribution >= 4 is 11.8 Å². The smallest absolute Gasteiger partial charge is 0.224 e. The summed E-state index contributed by atoms with van der Waals surface area (Å²) < 4.78 is 5.85. The number of nitrogens with one attached hydrogen (secondary N) is 1. The number of likely N-dealkylation sites (tertiary alicyclic amines) is 1. The Balaban J connectivity index is 1.52. The van der Waals surface area contributed by atoms with Crippen molar-refractivity contribution in [1.82, 2.24) is 10.2 Å². The lowest BCUT2D eigenvalue weighted by Gasteiger charge is -2.20. The van der Waals surface area contributed by atoms with E-state index in [0.717, 1.165) is 19.4 Å². The topological polar surface area (TPSA) is 58.6 Å². The van der Waals surface area contributed by atoms with E-state index in [1.165, 1.54) is 5.56 Å². The van der Waals surface area contributed by atoms with E-state index in [0.29, 0.717) is 25.6 Å². The number of ether oxygens (including phenoxy) is 1. The third kappa shape index (κ3) is 3.72. The Kier molecular flexibility index (Phi) is 4.96. The first-order valence-electron chi connectivity index (χ1n) is 8.35. The Morgan fingerprint density at radius 2 is 2.04 bits per heavy atom. The van der Waals surface area contributed by atoms with Gasteiger partial charge in [0.05, 0.1) is 12.0 Å². The molecule has 2 aliphatic rings. The fraction of sp³-hybridized carbons (Fsp3) is 0.556. The number of hydrogen-bond acceptors (Lipinski definition) is 3. The molecule has 1 aromatic carbocycles. The van der Waals surface area contributed by atoms with Gasteiger partial charge in [-0.25, -0.2) is 0 Å². The Hall–Kier alpha value is -1.88. The van der Waals surface area contributed by atoms with E-state index in [9.17, 15) is 9.59 Å². The van der Waals surface area contributed by atoms with E-state index in [1.807, 2.05) is 18.2 Å². The van der Waals surface area contributed by atoms with Gasteiger partial charge in [-0.3, -0.25) is 9.59 Å². The van der Waals surface area contributed by atoms with Crippen molar-refractivity contribution in [2.24, 2.45) is 11.8 Å². The number of carbonyl (C=O) groups is 2. The molecule has 2 fully saturated rings. The fourth-order valence-corrected chi connectivity index (χ4v) is 3.49. The van der Waals surface area contributed by atoms with Crippen molar-refractivity contribution in [2.75, 3.05) is 26.2 Å². The van der Waals surface area contributed by atoms with Gasteiger partial charge in [0.15, 0.2) is 0 Å². The number of nitrogens with zero attached hydrogens (tertiary/aromatic N) is 1. The summed E-state index contributed by atoms with van der Waals surface area (Å²) in [7, 11) is 0. The van der Waals surface area contributed by atoms with Crippen molar-refractivity contribution in [3.8, 4) is 0 Å². The monoisotopic (exact) mass is 316 g/mol. The van der Waals surface area contributed by atoms with E-state index < -0.39 is 0 Å². The third-order valence-corrected chi connectivity index (χ3v) is 4.89. The molecule has 0 bridgehead atoms. The Morgan fingerprint density at radius 3 is 2.74 bits per heavy atom. The lowest BCUT2D eigenvalue weighted by atomic mass is 9.95. The minimum Gasteiger partial charge on any atom is -0.373 e. The summed E-state index contributed by atoms with van der Waals surface area (Å²) in [4.78, 5) is 25.4. The molecule has 2 aliphatic heterocycles. The molecule has 3 atom stereocenters. The molecule has 3 rings (SSSR count). The molecule has 0 spiro atoms. The molecule has 2 amide bonds. The zero-order valence-electron chi connectivity index (χ0n) is 13.5. The van der Waals surface area contributed by atoms with Gasteiger partial charge in [0.2, 0.25) is 11.8 Å². The first-order chi connectivity index (χ1) is 11.1. The molecule has 5 nitrogen and oxygen atoms in total. The maximum absolute atomic E-state index is 12.3. The molecule has 2 saturated heterocycles. The lowest BCUT2D eigenvalue weighted by molar-refractivity contribution is -0.128. The maximum atomic E-state index is 12.3. The molecule has 2 heterocycles. The van der Waals surface area contributed by atoms with E-state index in [1.54, 1.807) is 11.8 Å². The number of benzene rings is 1. The molecular formula is C18H24N2O3. The van der Waals surface area contributed by atoms with Crippen LogP contribution in [0.15, 0.2) is 30.3 Å². The van der Waals surface area contributed by atoms with Gasteiger partial charge in [-0.1, -0.05) is 30.3 Å². The van der Waals surface area contributed by atoms with Gasteiger partial charge in [0.25, 0.3) is 0 Å². The summed E-state index contributed by atoms with van der Waals surface area (Å²) in [5.41, 5.74) is 1.17. The molecule has 0 aromatic heterocycles. The zero-order valence-corrected chi connectivity index (χ0v) is 13.5. The Bertz CT molecular complexity index is 561. The summed E-state index contributed by atoms with van der Waals surface area (Å²) >= 11 is 0. The Labute approximate surface area is 137 Å². The van der Waals surface area contributed by atoms with Crippen LogP contribution in [0.5, 0.6) is 0 Å². The van der Waals surface area contributed by atoms with Crippen LogP contribution in [-0.2, 0) is 14.3 Å². The molecule has 1 N–H and O–H groups in total. The summed E-state index contributed by atoms with van der Waals surface area (Å²) in [6, 6.07) is 10.2. The largest absolute Gasteiger partial charge is 0.373 e. The van der Waals surface area contributed by atoms with E-state index >= 15 is 0 Å². The minimum absolute atomic E-state index is 0.0497. The molecule has 124 valence electrons. The Morgan fingerprint density at radius 1 is 1.26 bits per heavy atom. The number of carbonyl (C=O) groups excluding carboxylic acids is 2. The van der Waals surface area contributed by atoms with Crippen LogP contribution in [0.1, 0.15) is 31.4 Å². The van der Waals surface area contributed by atoms with E-state index in [-0.39, 0.29) is 23.8 Å². The van der Waals surface area contributed by atoms with Crippen molar-refractivity contribution in [3.05, 3.63) is 35.9 Å². The van der Waals surface area contributed by atoms with E-state index in [4.69, 9.17) is 4.74 Å². The van der Waals surface area contributed by atoms with Crippen LogP contribution in [0.25, 0.3) is 0 Å². The molecular weight excluding hydrogens is 292 g/mol. The standard InChI is InChI=1S/C18H24N2O3/c1-13(21)20-9-7-16(12-20)18(22)19-11-15-8-10-23-17(15)14-5-3-2-4-6-14/h2-6,15-17H,7-12H2,1H3,(H,19,22)/t15-,16-,17-/m0/s1. The second-order valence-electron chi connectivity index (χ2n) is 6.45. The lowest BCUT2D eigenvalue weighted by Crippen LogP contribution is -2.37. The molecule has 1 aromatic rings. The highest BCUT2D eigenvalue weighted by Crippen LogP contribution is 2.34. The minimum atomic E-state index is -0.0728. The second kappa shape index (κ2) is 7.13. The van der Waals surface area contributed by atoms with Crippen molar-refractivity contribution in [3.63, 3.8) is 0 Å². The fourth-order valence-electron chi connectivity index (χ4n) is 3.49. The van der Waals surface area contributed by atoms with Gasteiger partial charge in [0, 0.05) is 39.1 Å². The average Bonchev–Trinajstić information content (AvgIpc) is 3.22. The summed E-state index contributed by atoms with van der Waals surface area (Å²) in [6.07, 6.45) is 1.78. The predicted octanol–water partition coefficient (Wildman–Crippen LogP) is 1.75. The highest BCUT2D eigenvalue weighted by molar-refractivity contribution is 5.81. The average molecular weight is 316 g/mol. The van der Waals surface area contributed by atoms with Crippen LogP contribution < -0.4 is 5.32 Å². The molecule has 23 heavy (non-hydrogen) atoms. The molecule has 5 heteroatoms. The quantitative estimate of drug-likeness (QED) is 0.920. The van der Waals surface area contributed by atoms with Gasteiger partial charge >= 0.3 is 0 Å². The van der Waals surface area contributed by atoms with Gasteiger partial charge in [0.1, 0.15) is 0 Å². The van der Waals surface area contributed by atoms with Crippen molar-refractivity contribution in [1.29, 1.82) is 0 Å². The second-order valence-corrected chi connectivity index (χ2v) is 6.45. The highest BCUT2D eigenvalue weighted by atomic mass is 16.5.